The summed E-state index contributed by atoms with van der Waals surface area (Å²) in [6.45, 7) is 0.717. The molecule has 1 fully saturated rings. The standard InChI is InChI=1S/C14H18O3/c1-16-12-6-4-5-11(9-12)10-13(15)14-7-2-3-8-17-14/h4-6,9,14H,2-3,7-8,10H2,1H3. The molecule has 0 spiro atoms. The Kier molecular flexibility index (Phi) is 4.15. The Balaban J connectivity index is 1.96. The van der Waals surface area contributed by atoms with Crippen LogP contribution in [0, 0.1) is 0 Å². The Bertz CT molecular complexity index is 381. The smallest absolute Gasteiger partial charge is 0.165 e. The van der Waals surface area contributed by atoms with E-state index in [1.54, 1.807) is 7.11 Å². The predicted octanol–water partition coefficient (Wildman–Crippen LogP) is 2.38. The van der Waals surface area contributed by atoms with Gasteiger partial charge in [0, 0.05) is 13.0 Å². The zero-order valence-electron chi connectivity index (χ0n) is 10.1. The average molecular weight is 234 g/mol. The average Bonchev–Trinajstić information content (AvgIpc) is 2.40. The molecule has 3 nitrogen and oxygen atoms in total. The van der Waals surface area contributed by atoms with E-state index in [9.17, 15) is 4.79 Å². The highest BCUT2D eigenvalue weighted by Crippen LogP contribution is 2.17. The molecule has 17 heavy (non-hydrogen) atoms. The topological polar surface area (TPSA) is 35.5 Å². The molecule has 92 valence electrons. The highest BCUT2D eigenvalue weighted by molar-refractivity contribution is 5.85. The lowest BCUT2D eigenvalue weighted by molar-refractivity contribution is -0.132. The van der Waals surface area contributed by atoms with E-state index in [2.05, 4.69) is 0 Å². The third kappa shape index (κ3) is 3.30. The maximum atomic E-state index is 12.0. The van der Waals surface area contributed by atoms with Crippen LogP contribution >= 0.6 is 0 Å². The Hall–Kier alpha value is -1.35. The van der Waals surface area contributed by atoms with Gasteiger partial charge in [-0.05, 0) is 37.0 Å². The molecule has 0 N–H and O–H groups in total. The number of hydrogen-bond donors (Lipinski definition) is 0. The van der Waals surface area contributed by atoms with Gasteiger partial charge in [0.05, 0.1) is 7.11 Å². The van der Waals surface area contributed by atoms with Crippen LogP contribution in [0.15, 0.2) is 24.3 Å². The van der Waals surface area contributed by atoms with Crippen LogP contribution in [0.25, 0.3) is 0 Å². The van der Waals surface area contributed by atoms with Gasteiger partial charge in [0.15, 0.2) is 5.78 Å². The molecule has 1 aromatic rings. The molecule has 2 rings (SSSR count). The van der Waals surface area contributed by atoms with E-state index in [-0.39, 0.29) is 11.9 Å². The molecule has 3 heteroatoms. The van der Waals surface area contributed by atoms with Crippen molar-refractivity contribution in [3.8, 4) is 5.75 Å². The summed E-state index contributed by atoms with van der Waals surface area (Å²) < 4.78 is 10.6. The second kappa shape index (κ2) is 5.82. The van der Waals surface area contributed by atoms with Crippen molar-refractivity contribution < 1.29 is 14.3 Å². The van der Waals surface area contributed by atoms with E-state index in [1.807, 2.05) is 24.3 Å². The molecule has 1 aliphatic rings. The number of carbonyl (C=O) groups excluding carboxylic acids is 1. The molecule has 1 atom stereocenters. The molecule has 0 amide bonds. The zero-order valence-corrected chi connectivity index (χ0v) is 10.1. The minimum atomic E-state index is -0.199. The van der Waals surface area contributed by atoms with Crippen molar-refractivity contribution in [2.75, 3.05) is 13.7 Å². The predicted molar refractivity (Wildman–Crippen MR) is 65.3 cm³/mol. The molecule has 0 bridgehead atoms. The van der Waals surface area contributed by atoms with Crippen LogP contribution in [0.1, 0.15) is 24.8 Å². The summed E-state index contributed by atoms with van der Waals surface area (Å²) in [7, 11) is 1.63. The molecule has 1 unspecified atom stereocenters. The van der Waals surface area contributed by atoms with Crippen LogP contribution in [-0.2, 0) is 16.0 Å². The van der Waals surface area contributed by atoms with Crippen molar-refractivity contribution in [1.29, 1.82) is 0 Å². The number of methoxy groups -OCH3 is 1. The fourth-order valence-corrected chi connectivity index (χ4v) is 2.09. The van der Waals surface area contributed by atoms with E-state index >= 15 is 0 Å². The van der Waals surface area contributed by atoms with Crippen LogP contribution in [0.4, 0.5) is 0 Å². The van der Waals surface area contributed by atoms with Gasteiger partial charge < -0.3 is 9.47 Å². The summed E-state index contributed by atoms with van der Waals surface area (Å²) in [5, 5.41) is 0. The number of ketones is 1. The second-order valence-electron chi connectivity index (χ2n) is 4.35. The first-order chi connectivity index (χ1) is 8.29. The number of hydrogen-bond acceptors (Lipinski definition) is 3. The Morgan fingerprint density at radius 3 is 3.06 bits per heavy atom. The van der Waals surface area contributed by atoms with Crippen molar-refractivity contribution in [2.24, 2.45) is 0 Å². The minimum Gasteiger partial charge on any atom is -0.497 e. The number of Topliss-reactive ketones (excluding diaryl/α,β-unsaturated/α-hetero) is 1. The van der Waals surface area contributed by atoms with Gasteiger partial charge in [-0.2, -0.15) is 0 Å². The van der Waals surface area contributed by atoms with Gasteiger partial charge in [-0.1, -0.05) is 12.1 Å². The van der Waals surface area contributed by atoms with Crippen LogP contribution in [0.5, 0.6) is 5.75 Å². The van der Waals surface area contributed by atoms with Crippen LogP contribution in [-0.4, -0.2) is 25.6 Å². The lowest BCUT2D eigenvalue weighted by Crippen LogP contribution is -2.29. The van der Waals surface area contributed by atoms with Crippen molar-refractivity contribution in [3.05, 3.63) is 29.8 Å². The first-order valence-electron chi connectivity index (χ1n) is 6.07. The minimum absolute atomic E-state index is 0.179. The second-order valence-corrected chi connectivity index (χ2v) is 4.35. The number of carbonyl (C=O) groups is 1. The molecule has 0 aliphatic carbocycles. The summed E-state index contributed by atoms with van der Waals surface area (Å²) in [5.74, 6) is 0.970. The van der Waals surface area contributed by atoms with Crippen molar-refractivity contribution >= 4 is 5.78 Å². The molecule has 1 heterocycles. The third-order valence-electron chi connectivity index (χ3n) is 3.05. The lowest BCUT2D eigenvalue weighted by Gasteiger charge is -2.21. The normalized spacial score (nSPS) is 19.9. The van der Waals surface area contributed by atoms with E-state index in [0.717, 1.165) is 30.6 Å². The fourth-order valence-electron chi connectivity index (χ4n) is 2.09. The largest absolute Gasteiger partial charge is 0.497 e. The Labute approximate surface area is 102 Å². The van der Waals surface area contributed by atoms with E-state index in [4.69, 9.17) is 9.47 Å². The first kappa shape index (κ1) is 12.1. The molecule has 0 radical (unpaired) electrons. The molecular formula is C14H18O3. The van der Waals surface area contributed by atoms with Gasteiger partial charge >= 0.3 is 0 Å². The highest BCUT2D eigenvalue weighted by atomic mass is 16.5. The van der Waals surface area contributed by atoms with Gasteiger partial charge in [0.1, 0.15) is 11.9 Å². The van der Waals surface area contributed by atoms with Crippen LogP contribution in [0.2, 0.25) is 0 Å². The number of rotatable bonds is 4. The number of ether oxygens (including phenoxy) is 2. The zero-order chi connectivity index (χ0) is 12.1. The highest BCUT2D eigenvalue weighted by Gasteiger charge is 2.21. The fraction of sp³-hybridized carbons (Fsp3) is 0.500. The summed E-state index contributed by atoms with van der Waals surface area (Å²) >= 11 is 0. The lowest BCUT2D eigenvalue weighted by atomic mass is 10.00. The first-order valence-corrected chi connectivity index (χ1v) is 6.07. The summed E-state index contributed by atoms with van der Waals surface area (Å²) in [6.07, 6.45) is 3.26. The van der Waals surface area contributed by atoms with Gasteiger partial charge in [0.25, 0.3) is 0 Å². The quantitative estimate of drug-likeness (QED) is 0.802. The summed E-state index contributed by atoms with van der Waals surface area (Å²) in [6, 6.07) is 7.64. The van der Waals surface area contributed by atoms with Crippen molar-refractivity contribution in [1.82, 2.24) is 0 Å². The molecule has 1 aromatic carbocycles. The SMILES string of the molecule is COc1cccc(CC(=O)C2CCCCO2)c1. The number of benzene rings is 1. The summed E-state index contributed by atoms with van der Waals surface area (Å²) in [5.41, 5.74) is 0.989. The molecule has 0 aromatic heterocycles. The van der Waals surface area contributed by atoms with E-state index < -0.39 is 0 Å². The maximum Gasteiger partial charge on any atom is 0.165 e. The molecule has 1 saturated heterocycles. The van der Waals surface area contributed by atoms with E-state index in [0.29, 0.717) is 13.0 Å². The van der Waals surface area contributed by atoms with E-state index in [1.165, 1.54) is 0 Å². The van der Waals surface area contributed by atoms with Gasteiger partial charge in [-0.15, -0.1) is 0 Å². The van der Waals surface area contributed by atoms with Crippen LogP contribution in [0.3, 0.4) is 0 Å². The van der Waals surface area contributed by atoms with Crippen molar-refractivity contribution in [3.63, 3.8) is 0 Å². The van der Waals surface area contributed by atoms with Gasteiger partial charge in [-0.25, -0.2) is 0 Å². The third-order valence-corrected chi connectivity index (χ3v) is 3.05. The van der Waals surface area contributed by atoms with Crippen molar-refractivity contribution in [2.45, 2.75) is 31.8 Å². The maximum absolute atomic E-state index is 12.0. The Morgan fingerprint density at radius 1 is 1.47 bits per heavy atom. The monoisotopic (exact) mass is 234 g/mol. The van der Waals surface area contributed by atoms with Gasteiger partial charge in [-0.3, -0.25) is 4.79 Å². The summed E-state index contributed by atoms with van der Waals surface area (Å²) in [4.78, 5) is 12.0. The molecule has 0 saturated carbocycles. The molecule has 1 aliphatic heterocycles. The van der Waals surface area contributed by atoms with Gasteiger partial charge in [0.2, 0.25) is 0 Å². The van der Waals surface area contributed by atoms with Crippen LogP contribution < -0.4 is 4.74 Å². The Morgan fingerprint density at radius 2 is 2.35 bits per heavy atom. The molecular weight excluding hydrogens is 216 g/mol.